The molecule has 0 atom stereocenters. The third kappa shape index (κ3) is 5.89. The summed E-state index contributed by atoms with van der Waals surface area (Å²) in [7, 11) is 1.10. The average Bonchev–Trinajstić information content (AvgIpc) is 3.51. The number of halogens is 7. The number of alkyl halides is 6. The van der Waals surface area contributed by atoms with Gasteiger partial charge in [-0.05, 0) is 42.3 Å². The highest BCUT2D eigenvalue weighted by molar-refractivity contribution is 5.98. The smallest absolute Gasteiger partial charge is 0.407 e. The average molecular weight is 555 g/mol. The summed E-state index contributed by atoms with van der Waals surface area (Å²) >= 11 is 0. The van der Waals surface area contributed by atoms with Crippen molar-refractivity contribution in [2.45, 2.75) is 12.4 Å². The van der Waals surface area contributed by atoms with Gasteiger partial charge in [-0.1, -0.05) is 0 Å². The molecule has 1 aliphatic rings. The predicted molar refractivity (Wildman–Crippen MR) is 122 cm³/mol. The van der Waals surface area contributed by atoms with Gasteiger partial charge in [0.15, 0.2) is 5.75 Å². The first-order valence-corrected chi connectivity index (χ1v) is 10.9. The van der Waals surface area contributed by atoms with Gasteiger partial charge in [0, 0.05) is 25.3 Å². The minimum Gasteiger partial charge on any atom is -0.407 e. The maximum Gasteiger partial charge on any atom is 0.420 e. The first kappa shape index (κ1) is 27.3. The first-order chi connectivity index (χ1) is 18.3. The number of hydrogen-bond donors (Lipinski definition) is 1. The summed E-state index contributed by atoms with van der Waals surface area (Å²) in [6.45, 7) is -0.548. The van der Waals surface area contributed by atoms with Gasteiger partial charge in [0.25, 0.3) is 0 Å². The van der Waals surface area contributed by atoms with E-state index in [1.54, 1.807) is 0 Å². The van der Waals surface area contributed by atoms with Crippen molar-refractivity contribution in [3.05, 3.63) is 71.6 Å². The number of anilines is 2. The lowest BCUT2D eigenvalue weighted by Gasteiger charge is -2.25. The summed E-state index contributed by atoms with van der Waals surface area (Å²) in [5, 5.41) is 0. The van der Waals surface area contributed by atoms with E-state index in [0.717, 1.165) is 41.1 Å². The van der Waals surface area contributed by atoms with E-state index in [2.05, 4.69) is 21.9 Å². The zero-order valence-electron chi connectivity index (χ0n) is 19.7. The van der Waals surface area contributed by atoms with Crippen LogP contribution in [0.1, 0.15) is 16.8 Å². The topological polar surface area (TPSA) is 81.8 Å². The zero-order valence-corrected chi connectivity index (χ0v) is 19.7. The Morgan fingerprint density at radius 3 is 2.36 bits per heavy atom. The summed E-state index contributed by atoms with van der Waals surface area (Å²) in [5.74, 6) is 0.587. The quantitative estimate of drug-likeness (QED) is 0.343. The fourth-order valence-electron chi connectivity index (χ4n) is 3.54. The highest BCUT2D eigenvalue weighted by Crippen LogP contribution is 2.47. The second kappa shape index (κ2) is 10.2. The third-order valence-electron chi connectivity index (χ3n) is 5.50. The van der Waals surface area contributed by atoms with Crippen LogP contribution in [0.25, 0.3) is 0 Å². The van der Waals surface area contributed by atoms with Crippen LogP contribution in [0.2, 0.25) is 0 Å². The maximum atomic E-state index is 14.0. The number of benzene rings is 2. The van der Waals surface area contributed by atoms with Crippen molar-refractivity contribution in [1.82, 2.24) is 14.9 Å². The molecule has 4 rings (SSSR count). The maximum absolute atomic E-state index is 14.0. The molecule has 1 N–H and O–H groups in total. The van der Waals surface area contributed by atoms with Gasteiger partial charge in [0.05, 0.1) is 30.3 Å². The number of aromatic nitrogens is 2. The molecule has 1 aromatic heterocycles. The van der Waals surface area contributed by atoms with Crippen molar-refractivity contribution in [2.24, 2.45) is 0 Å². The predicted octanol–water partition coefficient (Wildman–Crippen LogP) is 5.47. The number of aromatic amines is 1. The van der Waals surface area contributed by atoms with Crippen molar-refractivity contribution in [2.75, 3.05) is 29.9 Å². The third-order valence-corrected chi connectivity index (χ3v) is 5.50. The molecule has 1 aliphatic heterocycles. The second-order valence-corrected chi connectivity index (χ2v) is 8.06. The van der Waals surface area contributed by atoms with Crippen LogP contribution in [-0.2, 0) is 12.4 Å². The van der Waals surface area contributed by atoms with Crippen LogP contribution in [-0.4, -0.2) is 47.1 Å². The molecule has 0 aliphatic carbocycles. The Morgan fingerprint density at radius 1 is 1.08 bits per heavy atom. The lowest BCUT2D eigenvalue weighted by Crippen LogP contribution is -2.33. The van der Waals surface area contributed by atoms with Gasteiger partial charge in [0.2, 0.25) is 0 Å². The van der Waals surface area contributed by atoms with E-state index >= 15 is 0 Å². The highest BCUT2D eigenvalue weighted by Gasteiger charge is 2.44. The molecule has 3 amide bonds. The number of ether oxygens (including phenoxy) is 1. The van der Waals surface area contributed by atoms with E-state index < -0.39 is 52.9 Å². The number of nitrogens with zero attached hydrogens (tertiary/aromatic N) is 4. The number of carbonyl (C=O) groups excluding carboxylic acids is 2. The van der Waals surface area contributed by atoms with Crippen molar-refractivity contribution in [3.63, 3.8) is 0 Å². The SMILES string of the molecule is CN(C(=O)Oc1c(N2CCN(C#Cc3cnc[nH]3)C2=O)cc(C(F)(F)F)cc1C(F)(F)F)c1ccc(F)cc1. The van der Waals surface area contributed by atoms with Crippen molar-refractivity contribution < 1.29 is 45.1 Å². The summed E-state index contributed by atoms with van der Waals surface area (Å²) in [5.41, 5.74) is -4.26. The summed E-state index contributed by atoms with van der Waals surface area (Å²) < 4.78 is 101. The summed E-state index contributed by atoms with van der Waals surface area (Å²) in [6.07, 6.45) is -9.43. The van der Waals surface area contributed by atoms with Gasteiger partial charge in [-0.15, -0.1) is 0 Å². The van der Waals surface area contributed by atoms with Gasteiger partial charge in [0.1, 0.15) is 17.1 Å². The second-order valence-electron chi connectivity index (χ2n) is 8.06. The standard InChI is InChI=1S/C24H16F7N5O3/c1-34(17-4-2-15(25)3-5-17)22(38)39-20-18(24(29,30)31)10-14(23(26,27)28)11-19(20)36-9-8-35(21(36)37)7-6-16-12-32-13-33-16/h2-5,10-13H,8-9H2,1H3,(H,32,33). The van der Waals surface area contributed by atoms with Crippen LogP contribution in [0, 0.1) is 17.8 Å². The number of nitrogens with one attached hydrogen (secondary N) is 1. The number of H-pyrrole nitrogens is 1. The fraction of sp³-hybridized carbons (Fsp3) is 0.208. The van der Waals surface area contributed by atoms with E-state index in [-0.39, 0.29) is 24.8 Å². The lowest BCUT2D eigenvalue weighted by atomic mass is 10.1. The lowest BCUT2D eigenvalue weighted by molar-refractivity contribution is -0.143. The Bertz CT molecular complexity index is 1440. The van der Waals surface area contributed by atoms with E-state index in [1.807, 2.05) is 0 Å². The van der Waals surface area contributed by atoms with Crippen molar-refractivity contribution >= 4 is 23.5 Å². The summed E-state index contributed by atoms with van der Waals surface area (Å²) in [6, 6.07) is 5.72. The van der Waals surface area contributed by atoms with Crippen LogP contribution in [0.5, 0.6) is 5.75 Å². The molecular weight excluding hydrogens is 539 g/mol. The molecule has 1 saturated heterocycles. The number of amides is 3. The molecule has 3 aromatic rings. The fourth-order valence-corrected chi connectivity index (χ4v) is 3.54. The Morgan fingerprint density at radius 2 is 1.77 bits per heavy atom. The largest absolute Gasteiger partial charge is 0.420 e. The van der Waals surface area contributed by atoms with Gasteiger partial charge < -0.3 is 9.72 Å². The summed E-state index contributed by atoms with van der Waals surface area (Å²) in [4.78, 5) is 34.4. The van der Waals surface area contributed by atoms with Crippen LogP contribution < -0.4 is 14.5 Å². The number of rotatable bonds is 3. The van der Waals surface area contributed by atoms with Crippen LogP contribution >= 0.6 is 0 Å². The molecule has 2 heterocycles. The molecule has 1 fully saturated rings. The number of imidazole rings is 1. The molecule has 0 saturated carbocycles. The molecule has 0 unspecified atom stereocenters. The normalized spacial score (nSPS) is 13.8. The van der Waals surface area contributed by atoms with E-state index in [4.69, 9.17) is 4.74 Å². The van der Waals surface area contributed by atoms with Gasteiger partial charge in [-0.25, -0.2) is 19.0 Å². The van der Waals surface area contributed by atoms with Crippen LogP contribution in [0.3, 0.4) is 0 Å². The van der Waals surface area contributed by atoms with Gasteiger partial charge in [-0.2, -0.15) is 26.3 Å². The number of hydrogen-bond acceptors (Lipinski definition) is 4. The minimum atomic E-state index is -5.41. The van der Waals surface area contributed by atoms with E-state index in [0.29, 0.717) is 16.7 Å². The molecule has 0 spiro atoms. The Kier molecular flexibility index (Phi) is 7.14. The molecule has 0 bridgehead atoms. The molecule has 204 valence electrons. The van der Waals surface area contributed by atoms with Gasteiger partial charge in [-0.3, -0.25) is 14.7 Å². The van der Waals surface area contributed by atoms with Crippen molar-refractivity contribution in [3.8, 4) is 17.7 Å². The zero-order chi connectivity index (χ0) is 28.5. The van der Waals surface area contributed by atoms with Gasteiger partial charge >= 0.3 is 24.5 Å². The molecule has 15 heteroatoms. The molecule has 39 heavy (non-hydrogen) atoms. The van der Waals surface area contributed by atoms with Crippen LogP contribution in [0.15, 0.2) is 48.9 Å². The number of carbonyl (C=O) groups is 2. The molecule has 0 radical (unpaired) electrons. The van der Waals surface area contributed by atoms with Crippen LogP contribution in [0.4, 0.5) is 51.7 Å². The van der Waals surface area contributed by atoms with E-state index in [1.165, 1.54) is 12.5 Å². The Balaban J connectivity index is 1.78. The Labute approximate surface area is 215 Å². The Hall–Kier alpha value is -4.74. The minimum absolute atomic E-state index is 0.0147. The molecule has 8 nitrogen and oxygen atoms in total. The highest BCUT2D eigenvalue weighted by atomic mass is 19.4. The van der Waals surface area contributed by atoms with E-state index in [9.17, 15) is 40.3 Å². The molecule has 2 aromatic carbocycles. The molecular formula is C24H16F7N5O3. The first-order valence-electron chi connectivity index (χ1n) is 10.9. The monoisotopic (exact) mass is 555 g/mol. The number of urea groups is 1. The van der Waals surface area contributed by atoms with Crippen molar-refractivity contribution in [1.29, 1.82) is 0 Å².